The van der Waals surface area contributed by atoms with Crippen molar-refractivity contribution in [1.29, 1.82) is 0 Å². The lowest BCUT2D eigenvalue weighted by Crippen LogP contribution is -1.96. The van der Waals surface area contributed by atoms with Crippen LogP contribution >= 0.6 is 12.2 Å². The Morgan fingerprint density at radius 3 is 2.83 bits per heavy atom. The highest BCUT2D eigenvalue weighted by molar-refractivity contribution is 7.71. The van der Waals surface area contributed by atoms with Gasteiger partial charge in [-0.25, -0.2) is 5.10 Å². The van der Waals surface area contributed by atoms with Crippen molar-refractivity contribution in [2.75, 3.05) is 6.61 Å². The average Bonchev–Trinajstić information content (AvgIpc) is 2.96. The van der Waals surface area contributed by atoms with Crippen LogP contribution in [0.4, 0.5) is 0 Å². The largest absolute Gasteiger partial charge is 0.508 e. The Morgan fingerprint density at radius 2 is 2.08 bits per heavy atom. The summed E-state index contributed by atoms with van der Waals surface area (Å²) in [7, 11) is 0. The van der Waals surface area contributed by atoms with Gasteiger partial charge >= 0.3 is 0 Å². The van der Waals surface area contributed by atoms with Gasteiger partial charge in [-0.1, -0.05) is 12.1 Å². The van der Waals surface area contributed by atoms with Gasteiger partial charge in [-0.3, -0.25) is 0 Å². The molecular formula is C17H16N4O2S. The molecule has 0 fully saturated rings. The predicted octanol–water partition coefficient (Wildman–Crippen LogP) is 3.59. The maximum atomic E-state index is 9.32. The molecule has 0 bridgehead atoms. The molecule has 0 radical (unpaired) electrons. The van der Waals surface area contributed by atoms with E-state index in [4.69, 9.17) is 17.0 Å². The third-order valence-electron chi connectivity index (χ3n) is 3.27. The first-order valence-electron chi connectivity index (χ1n) is 7.41. The molecule has 6 nitrogen and oxygen atoms in total. The van der Waals surface area contributed by atoms with Gasteiger partial charge in [0.2, 0.25) is 4.77 Å². The van der Waals surface area contributed by atoms with Crippen LogP contribution < -0.4 is 4.74 Å². The van der Waals surface area contributed by atoms with Crippen LogP contribution in [0.1, 0.15) is 12.5 Å². The van der Waals surface area contributed by atoms with E-state index in [9.17, 15) is 5.11 Å². The van der Waals surface area contributed by atoms with Crippen LogP contribution in [-0.2, 0) is 0 Å². The van der Waals surface area contributed by atoms with E-state index in [2.05, 4.69) is 15.3 Å². The molecule has 0 aliphatic rings. The van der Waals surface area contributed by atoms with Crippen LogP contribution in [0.25, 0.3) is 11.4 Å². The zero-order chi connectivity index (χ0) is 16.9. The molecule has 0 aliphatic carbocycles. The minimum Gasteiger partial charge on any atom is -0.508 e. The summed E-state index contributed by atoms with van der Waals surface area (Å²) in [4.78, 5) is 0. The molecule has 3 aromatic rings. The molecule has 0 atom stereocenters. The number of nitrogens with one attached hydrogen (secondary N) is 1. The molecule has 0 aliphatic heterocycles. The van der Waals surface area contributed by atoms with Crippen molar-refractivity contribution in [3.8, 4) is 22.9 Å². The Labute approximate surface area is 144 Å². The van der Waals surface area contributed by atoms with Crippen LogP contribution in [-0.4, -0.2) is 32.8 Å². The number of aromatic hydroxyl groups is 1. The van der Waals surface area contributed by atoms with E-state index in [-0.39, 0.29) is 5.75 Å². The number of aromatic nitrogens is 3. The Bertz CT molecular complexity index is 913. The van der Waals surface area contributed by atoms with Crippen LogP contribution in [0.5, 0.6) is 11.5 Å². The van der Waals surface area contributed by atoms with Crippen molar-refractivity contribution in [1.82, 2.24) is 14.9 Å². The van der Waals surface area contributed by atoms with Crippen molar-refractivity contribution in [2.24, 2.45) is 5.10 Å². The van der Waals surface area contributed by atoms with Crippen molar-refractivity contribution in [2.45, 2.75) is 6.92 Å². The number of nitrogens with zero attached hydrogens (tertiary/aromatic N) is 3. The van der Waals surface area contributed by atoms with Crippen molar-refractivity contribution < 1.29 is 9.84 Å². The molecule has 7 heteroatoms. The van der Waals surface area contributed by atoms with Crippen molar-refractivity contribution >= 4 is 18.4 Å². The van der Waals surface area contributed by atoms with Gasteiger partial charge in [0.1, 0.15) is 11.5 Å². The SMILES string of the molecule is CCOc1cccc(-c2n[nH]c(=S)n2/N=C/c2ccc(O)cc2)c1. The van der Waals surface area contributed by atoms with Gasteiger partial charge < -0.3 is 9.84 Å². The lowest BCUT2D eigenvalue weighted by molar-refractivity contribution is 0.340. The third-order valence-corrected chi connectivity index (χ3v) is 3.53. The monoisotopic (exact) mass is 340 g/mol. The lowest BCUT2D eigenvalue weighted by Gasteiger charge is -2.05. The quantitative estimate of drug-likeness (QED) is 0.550. The summed E-state index contributed by atoms with van der Waals surface area (Å²) in [6, 6.07) is 14.3. The first-order valence-corrected chi connectivity index (χ1v) is 7.82. The Balaban J connectivity index is 1.95. The number of ether oxygens (including phenoxy) is 1. The predicted molar refractivity (Wildman–Crippen MR) is 95.1 cm³/mol. The zero-order valence-electron chi connectivity index (χ0n) is 13.0. The molecule has 2 aromatic carbocycles. The van der Waals surface area contributed by atoms with Gasteiger partial charge in [0, 0.05) is 5.56 Å². The first kappa shape index (κ1) is 15.9. The molecule has 122 valence electrons. The number of hydrogen-bond donors (Lipinski definition) is 2. The molecule has 2 N–H and O–H groups in total. The number of hydrogen-bond acceptors (Lipinski definition) is 5. The summed E-state index contributed by atoms with van der Waals surface area (Å²) in [5.74, 6) is 1.56. The standard InChI is InChI=1S/C17H16N4O2S/c1-2-23-15-5-3-4-13(10-15)16-19-20-17(24)21(16)18-11-12-6-8-14(22)9-7-12/h3-11,22H,2H2,1H3,(H,20,24)/b18-11+. The molecule has 0 saturated carbocycles. The molecule has 0 amide bonds. The molecule has 0 spiro atoms. The van der Waals surface area contributed by atoms with Crippen LogP contribution in [0.3, 0.4) is 0 Å². The minimum absolute atomic E-state index is 0.209. The fraction of sp³-hybridized carbons (Fsp3) is 0.118. The Hall–Kier alpha value is -2.93. The number of benzene rings is 2. The number of rotatable bonds is 5. The molecular weight excluding hydrogens is 324 g/mol. The molecule has 1 heterocycles. The van der Waals surface area contributed by atoms with Crippen LogP contribution in [0.15, 0.2) is 53.6 Å². The van der Waals surface area contributed by atoms with Crippen LogP contribution in [0, 0.1) is 4.77 Å². The number of phenolic OH excluding ortho intramolecular Hbond substituents is 1. The summed E-state index contributed by atoms with van der Waals surface area (Å²) >= 11 is 5.25. The lowest BCUT2D eigenvalue weighted by atomic mass is 10.2. The fourth-order valence-corrected chi connectivity index (χ4v) is 2.34. The van der Waals surface area contributed by atoms with Crippen molar-refractivity contribution in [3.63, 3.8) is 0 Å². The molecule has 3 rings (SSSR count). The Morgan fingerprint density at radius 1 is 1.29 bits per heavy atom. The summed E-state index contributed by atoms with van der Waals surface area (Å²) in [5, 5.41) is 20.7. The normalized spacial score (nSPS) is 11.0. The Kier molecular flexibility index (Phi) is 4.72. The second-order valence-corrected chi connectivity index (χ2v) is 5.35. The van der Waals surface area contributed by atoms with E-state index < -0.39 is 0 Å². The van der Waals surface area contributed by atoms with E-state index >= 15 is 0 Å². The van der Waals surface area contributed by atoms with Gasteiger partial charge in [-0.05, 0) is 61.1 Å². The number of H-pyrrole nitrogens is 1. The second kappa shape index (κ2) is 7.10. The molecule has 1 aromatic heterocycles. The summed E-state index contributed by atoms with van der Waals surface area (Å²) in [6.07, 6.45) is 1.65. The summed E-state index contributed by atoms with van der Waals surface area (Å²) in [6.45, 7) is 2.53. The van der Waals surface area contributed by atoms with Crippen LogP contribution in [0.2, 0.25) is 0 Å². The van der Waals surface area contributed by atoms with Gasteiger partial charge in [0.05, 0.1) is 12.8 Å². The highest BCUT2D eigenvalue weighted by Crippen LogP contribution is 2.22. The van der Waals surface area contributed by atoms with Crippen molar-refractivity contribution in [3.05, 3.63) is 58.9 Å². The highest BCUT2D eigenvalue weighted by Gasteiger charge is 2.09. The van der Waals surface area contributed by atoms with E-state index in [1.807, 2.05) is 31.2 Å². The molecule has 0 saturated heterocycles. The van der Waals surface area contributed by atoms with Gasteiger partial charge in [-0.15, -0.1) is 0 Å². The smallest absolute Gasteiger partial charge is 0.216 e. The minimum atomic E-state index is 0.209. The van der Waals surface area contributed by atoms with E-state index in [0.29, 0.717) is 17.2 Å². The summed E-state index contributed by atoms with van der Waals surface area (Å²) < 4.78 is 7.46. The summed E-state index contributed by atoms with van der Waals surface area (Å²) in [5.41, 5.74) is 1.68. The number of phenols is 1. The second-order valence-electron chi connectivity index (χ2n) is 4.96. The third kappa shape index (κ3) is 3.52. The molecule has 24 heavy (non-hydrogen) atoms. The maximum absolute atomic E-state index is 9.32. The highest BCUT2D eigenvalue weighted by atomic mass is 32.1. The fourth-order valence-electron chi connectivity index (χ4n) is 2.16. The van der Waals surface area contributed by atoms with E-state index in [1.165, 1.54) is 0 Å². The van der Waals surface area contributed by atoms with E-state index in [1.54, 1.807) is 35.2 Å². The first-order chi connectivity index (χ1) is 11.7. The maximum Gasteiger partial charge on any atom is 0.216 e. The molecule has 0 unspecified atom stereocenters. The van der Waals surface area contributed by atoms with Gasteiger partial charge in [-0.2, -0.15) is 14.9 Å². The van der Waals surface area contributed by atoms with Gasteiger partial charge in [0.25, 0.3) is 0 Å². The topological polar surface area (TPSA) is 75.4 Å². The van der Waals surface area contributed by atoms with E-state index in [0.717, 1.165) is 16.9 Å². The number of aromatic amines is 1. The average molecular weight is 340 g/mol. The zero-order valence-corrected chi connectivity index (χ0v) is 13.8. The van der Waals surface area contributed by atoms with Gasteiger partial charge in [0.15, 0.2) is 5.82 Å².